The number of para-hydroxylation sites is 2. The molecule has 0 spiro atoms. The average molecular weight is 279 g/mol. The summed E-state index contributed by atoms with van der Waals surface area (Å²) in [6, 6.07) is 9.19. The molecule has 1 aromatic heterocycles. The normalized spacial score (nSPS) is 10.3. The number of hydrogen-bond acceptors (Lipinski definition) is 4. The standard InChI is InChI=1S/C14H15ClN2O2/c1-3-8-18-11-6-4-5-7-12(11)19-13-9-10(2)16-14(15)17-13/h4-7,9H,3,8H2,1-2H3. The predicted molar refractivity (Wildman–Crippen MR) is 74.1 cm³/mol. The van der Waals surface area contributed by atoms with Gasteiger partial charge in [-0.25, -0.2) is 4.98 Å². The van der Waals surface area contributed by atoms with Crippen LogP contribution in [0.4, 0.5) is 0 Å². The lowest BCUT2D eigenvalue weighted by atomic mass is 10.3. The number of nitrogens with zero attached hydrogens (tertiary/aromatic N) is 2. The van der Waals surface area contributed by atoms with Crippen LogP contribution in [0.5, 0.6) is 17.4 Å². The van der Waals surface area contributed by atoms with E-state index < -0.39 is 0 Å². The molecule has 0 amide bonds. The summed E-state index contributed by atoms with van der Waals surface area (Å²) in [6.45, 7) is 4.53. The van der Waals surface area contributed by atoms with Crippen LogP contribution in [0.2, 0.25) is 5.28 Å². The molecule has 0 bridgehead atoms. The van der Waals surface area contributed by atoms with Gasteiger partial charge in [0.05, 0.1) is 6.61 Å². The Morgan fingerprint density at radius 3 is 2.58 bits per heavy atom. The Bertz CT molecular complexity index is 541. The van der Waals surface area contributed by atoms with E-state index in [1.165, 1.54) is 0 Å². The van der Waals surface area contributed by atoms with Crippen LogP contribution in [0.3, 0.4) is 0 Å². The maximum Gasteiger partial charge on any atom is 0.225 e. The third kappa shape index (κ3) is 3.83. The average Bonchev–Trinajstić information content (AvgIpc) is 2.36. The van der Waals surface area contributed by atoms with Crippen LogP contribution in [0.1, 0.15) is 19.0 Å². The molecule has 1 heterocycles. The van der Waals surface area contributed by atoms with Crippen LogP contribution in [-0.4, -0.2) is 16.6 Å². The third-order valence-corrected chi connectivity index (χ3v) is 2.50. The molecule has 5 heteroatoms. The Balaban J connectivity index is 2.22. The molecule has 0 fully saturated rings. The van der Waals surface area contributed by atoms with E-state index in [1.807, 2.05) is 31.2 Å². The van der Waals surface area contributed by atoms with Gasteiger partial charge in [0.1, 0.15) is 0 Å². The van der Waals surface area contributed by atoms with E-state index in [0.717, 1.165) is 12.1 Å². The molecule has 0 N–H and O–H groups in total. The highest BCUT2D eigenvalue weighted by atomic mass is 35.5. The van der Waals surface area contributed by atoms with Crippen LogP contribution < -0.4 is 9.47 Å². The Morgan fingerprint density at radius 1 is 1.16 bits per heavy atom. The zero-order valence-corrected chi connectivity index (χ0v) is 11.6. The van der Waals surface area contributed by atoms with Gasteiger partial charge >= 0.3 is 0 Å². The summed E-state index contributed by atoms with van der Waals surface area (Å²) in [5.41, 5.74) is 0.752. The predicted octanol–water partition coefficient (Wildman–Crippen LogP) is 4.02. The highest BCUT2D eigenvalue weighted by Gasteiger charge is 2.07. The summed E-state index contributed by atoms with van der Waals surface area (Å²) in [7, 11) is 0. The quantitative estimate of drug-likeness (QED) is 0.775. The minimum atomic E-state index is 0.168. The fraction of sp³-hybridized carbons (Fsp3) is 0.286. The van der Waals surface area contributed by atoms with Gasteiger partial charge in [0.25, 0.3) is 0 Å². The van der Waals surface area contributed by atoms with Gasteiger partial charge in [-0.05, 0) is 37.1 Å². The first-order valence-corrected chi connectivity index (χ1v) is 6.47. The van der Waals surface area contributed by atoms with E-state index in [9.17, 15) is 0 Å². The number of rotatable bonds is 5. The van der Waals surface area contributed by atoms with Crippen molar-refractivity contribution in [3.63, 3.8) is 0 Å². The Kier molecular flexibility index (Phi) is 4.58. The van der Waals surface area contributed by atoms with E-state index >= 15 is 0 Å². The molecular weight excluding hydrogens is 264 g/mol. The van der Waals surface area contributed by atoms with Crippen molar-refractivity contribution < 1.29 is 9.47 Å². The minimum absolute atomic E-state index is 0.168. The van der Waals surface area contributed by atoms with Gasteiger partial charge in [0, 0.05) is 11.8 Å². The highest BCUT2D eigenvalue weighted by Crippen LogP contribution is 2.30. The van der Waals surface area contributed by atoms with E-state index in [2.05, 4.69) is 16.9 Å². The van der Waals surface area contributed by atoms with Crippen molar-refractivity contribution in [3.8, 4) is 17.4 Å². The van der Waals surface area contributed by atoms with E-state index in [0.29, 0.717) is 24.0 Å². The molecule has 1 aromatic carbocycles. The van der Waals surface area contributed by atoms with Crippen molar-refractivity contribution in [2.75, 3.05) is 6.61 Å². The van der Waals surface area contributed by atoms with Crippen LogP contribution in [0, 0.1) is 6.92 Å². The fourth-order valence-electron chi connectivity index (χ4n) is 1.54. The molecule has 0 radical (unpaired) electrons. The monoisotopic (exact) mass is 278 g/mol. The van der Waals surface area contributed by atoms with Gasteiger partial charge in [-0.1, -0.05) is 19.1 Å². The zero-order valence-electron chi connectivity index (χ0n) is 10.9. The van der Waals surface area contributed by atoms with Crippen molar-refractivity contribution in [2.24, 2.45) is 0 Å². The molecule has 0 saturated heterocycles. The molecule has 2 aromatic rings. The number of hydrogen-bond donors (Lipinski definition) is 0. The lowest BCUT2D eigenvalue weighted by Gasteiger charge is -2.11. The van der Waals surface area contributed by atoms with Gasteiger partial charge in [-0.3, -0.25) is 0 Å². The number of aryl methyl sites for hydroxylation is 1. The second kappa shape index (κ2) is 6.38. The Labute approximate surface area is 117 Å². The van der Waals surface area contributed by atoms with Gasteiger partial charge in [-0.15, -0.1) is 0 Å². The molecule has 19 heavy (non-hydrogen) atoms. The fourth-order valence-corrected chi connectivity index (χ4v) is 1.75. The number of halogens is 1. The molecule has 2 rings (SSSR count). The lowest BCUT2D eigenvalue weighted by Crippen LogP contribution is -1.98. The first kappa shape index (κ1) is 13.6. The maximum absolute atomic E-state index is 5.81. The second-order valence-electron chi connectivity index (χ2n) is 4.01. The van der Waals surface area contributed by atoms with E-state index in [4.69, 9.17) is 21.1 Å². The third-order valence-electron chi connectivity index (χ3n) is 2.33. The van der Waals surface area contributed by atoms with Gasteiger partial charge in [0.2, 0.25) is 11.2 Å². The van der Waals surface area contributed by atoms with E-state index in [-0.39, 0.29) is 5.28 Å². The topological polar surface area (TPSA) is 44.2 Å². The van der Waals surface area contributed by atoms with Gasteiger partial charge in [-0.2, -0.15) is 4.98 Å². The smallest absolute Gasteiger partial charge is 0.225 e. The largest absolute Gasteiger partial charge is 0.490 e. The molecule has 0 aliphatic carbocycles. The molecule has 0 aliphatic rings. The van der Waals surface area contributed by atoms with Crippen LogP contribution in [0.25, 0.3) is 0 Å². The first-order valence-electron chi connectivity index (χ1n) is 6.10. The van der Waals surface area contributed by atoms with E-state index in [1.54, 1.807) is 6.07 Å². The SMILES string of the molecule is CCCOc1ccccc1Oc1cc(C)nc(Cl)n1. The van der Waals surface area contributed by atoms with Crippen molar-refractivity contribution >= 4 is 11.6 Å². The van der Waals surface area contributed by atoms with Crippen LogP contribution in [0.15, 0.2) is 30.3 Å². The minimum Gasteiger partial charge on any atom is -0.490 e. The lowest BCUT2D eigenvalue weighted by molar-refractivity contribution is 0.300. The van der Waals surface area contributed by atoms with Crippen molar-refractivity contribution in [1.82, 2.24) is 9.97 Å². The highest BCUT2D eigenvalue weighted by molar-refractivity contribution is 6.28. The summed E-state index contributed by atoms with van der Waals surface area (Å²) in [5, 5.41) is 0.168. The molecular formula is C14H15ClN2O2. The van der Waals surface area contributed by atoms with Crippen LogP contribution in [-0.2, 0) is 0 Å². The summed E-state index contributed by atoms with van der Waals surface area (Å²) < 4.78 is 11.3. The summed E-state index contributed by atoms with van der Waals surface area (Å²) in [5.74, 6) is 1.71. The van der Waals surface area contributed by atoms with Crippen molar-refractivity contribution in [1.29, 1.82) is 0 Å². The summed E-state index contributed by atoms with van der Waals surface area (Å²) in [6.07, 6.45) is 0.937. The zero-order chi connectivity index (χ0) is 13.7. The molecule has 4 nitrogen and oxygen atoms in total. The van der Waals surface area contributed by atoms with Gasteiger partial charge < -0.3 is 9.47 Å². The van der Waals surface area contributed by atoms with Crippen molar-refractivity contribution in [2.45, 2.75) is 20.3 Å². The summed E-state index contributed by atoms with van der Waals surface area (Å²) >= 11 is 5.81. The Morgan fingerprint density at radius 2 is 1.89 bits per heavy atom. The molecule has 0 atom stereocenters. The van der Waals surface area contributed by atoms with Crippen LogP contribution >= 0.6 is 11.6 Å². The number of ether oxygens (including phenoxy) is 2. The van der Waals surface area contributed by atoms with Gasteiger partial charge in [0.15, 0.2) is 11.5 Å². The summed E-state index contributed by atoms with van der Waals surface area (Å²) in [4.78, 5) is 8.02. The molecule has 0 aliphatic heterocycles. The maximum atomic E-state index is 5.81. The van der Waals surface area contributed by atoms with Crippen molar-refractivity contribution in [3.05, 3.63) is 41.3 Å². The number of benzene rings is 1. The Hall–Kier alpha value is -1.81. The molecule has 0 saturated carbocycles. The molecule has 100 valence electrons. The second-order valence-corrected chi connectivity index (χ2v) is 4.35. The molecule has 0 unspecified atom stereocenters. The first-order chi connectivity index (χ1) is 9.19. The number of aromatic nitrogens is 2.